The summed E-state index contributed by atoms with van der Waals surface area (Å²) in [4.78, 5) is 11.9. The number of benzene rings is 1. The van der Waals surface area contributed by atoms with Crippen molar-refractivity contribution in [3.05, 3.63) is 48.3 Å². The molecule has 3 heterocycles. The maximum absolute atomic E-state index is 6.01. The molecule has 4 N–H and O–H groups in total. The summed E-state index contributed by atoms with van der Waals surface area (Å²) in [5, 5.41) is 4.22. The van der Waals surface area contributed by atoms with Gasteiger partial charge in [-0.05, 0) is 36.2 Å². The van der Waals surface area contributed by atoms with E-state index in [1.54, 1.807) is 6.20 Å². The molecule has 0 radical (unpaired) electrons. The minimum Gasteiger partial charge on any atom is -0.490 e. The highest BCUT2D eigenvalue weighted by molar-refractivity contribution is 14.0. The quantitative estimate of drug-likeness (QED) is 0.303. The largest absolute Gasteiger partial charge is 0.490 e. The molecule has 3 aromatic rings. The Morgan fingerprint density at radius 1 is 1.22 bits per heavy atom. The standard InChI is InChI=1S/C19H21N5O2.HI/c20-19(22-8-6-13-12-23-18-15(13)3-1-7-21-18)24-14-4-5-16-17(11-14)26-10-2-9-25-16;/h1,3-5,7,11-12H,2,6,8-10H2,(H,21,23)(H3,20,22,24);1H. The molecule has 7 nitrogen and oxygen atoms in total. The summed E-state index contributed by atoms with van der Waals surface area (Å²) >= 11 is 0. The molecule has 0 atom stereocenters. The van der Waals surface area contributed by atoms with Crippen molar-refractivity contribution in [2.45, 2.75) is 12.8 Å². The van der Waals surface area contributed by atoms with Gasteiger partial charge in [-0.25, -0.2) is 4.98 Å². The highest BCUT2D eigenvalue weighted by Gasteiger charge is 2.11. The Hall–Kier alpha value is -2.49. The molecule has 0 amide bonds. The maximum atomic E-state index is 6.01. The number of aromatic amines is 1. The number of nitrogens with two attached hydrogens (primary N) is 1. The van der Waals surface area contributed by atoms with E-state index in [1.165, 1.54) is 5.56 Å². The molecule has 1 aromatic carbocycles. The molecule has 142 valence electrons. The van der Waals surface area contributed by atoms with E-state index in [9.17, 15) is 0 Å². The van der Waals surface area contributed by atoms with Crippen LogP contribution in [0.2, 0.25) is 0 Å². The van der Waals surface area contributed by atoms with Crippen molar-refractivity contribution >= 4 is 46.7 Å². The summed E-state index contributed by atoms with van der Waals surface area (Å²) in [6.45, 7) is 1.91. The van der Waals surface area contributed by atoms with Crippen LogP contribution in [0.1, 0.15) is 12.0 Å². The molecule has 27 heavy (non-hydrogen) atoms. The third-order valence-corrected chi connectivity index (χ3v) is 4.22. The lowest BCUT2D eigenvalue weighted by atomic mass is 10.1. The van der Waals surface area contributed by atoms with Gasteiger partial charge in [0.25, 0.3) is 0 Å². The second-order valence-electron chi connectivity index (χ2n) is 6.07. The second kappa shape index (κ2) is 8.94. The molecule has 0 bridgehead atoms. The van der Waals surface area contributed by atoms with Gasteiger partial charge in [-0.2, -0.15) is 0 Å². The minimum absolute atomic E-state index is 0. The molecule has 0 spiro atoms. The number of pyridine rings is 1. The first-order valence-electron chi connectivity index (χ1n) is 8.67. The van der Waals surface area contributed by atoms with E-state index in [2.05, 4.69) is 26.3 Å². The number of ether oxygens (including phenoxy) is 2. The van der Waals surface area contributed by atoms with Gasteiger partial charge in [0.2, 0.25) is 0 Å². The lowest BCUT2D eigenvalue weighted by molar-refractivity contribution is 0.297. The number of nitrogens with one attached hydrogen (secondary N) is 2. The predicted octanol–water partition coefficient (Wildman–Crippen LogP) is 3.31. The summed E-state index contributed by atoms with van der Waals surface area (Å²) in [6, 6.07) is 9.66. The molecular formula is C19H22IN5O2. The summed E-state index contributed by atoms with van der Waals surface area (Å²) in [5.74, 6) is 1.86. The molecule has 0 aliphatic carbocycles. The molecule has 0 saturated carbocycles. The summed E-state index contributed by atoms with van der Waals surface area (Å²) in [5.41, 5.74) is 8.91. The number of H-pyrrole nitrogens is 1. The molecule has 1 aliphatic rings. The van der Waals surface area contributed by atoms with E-state index in [4.69, 9.17) is 15.2 Å². The lowest BCUT2D eigenvalue weighted by Crippen LogP contribution is -2.23. The van der Waals surface area contributed by atoms with Gasteiger partial charge < -0.3 is 25.5 Å². The number of hydrogen-bond acceptors (Lipinski definition) is 4. The van der Waals surface area contributed by atoms with Crippen LogP contribution in [0.5, 0.6) is 11.5 Å². The first-order valence-corrected chi connectivity index (χ1v) is 8.67. The highest BCUT2D eigenvalue weighted by Crippen LogP contribution is 2.32. The van der Waals surface area contributed by atoms with Gasteiger partial charge in [-0.3, -0.25) is 4.99 Å². The number of rotatable bonds is 4. The van der Waals surface area contributed by atoms with Gasteiger partial charge in [0, 0.05) is 42.5 Å². The van der Waals surface area contributed by atoms with E-state index in [0.717, 1.165) is 41.1 Å². The van der Waals surface area contributed by atoms with Crippen LogP contribution >= 0.6 is 24.0 Å². The Balaban J connectivity index is 0.00000210. The fourth-order valence-corrected chi connectivity index (χ4v) is 2.94. The number of anilines is 1. The zero-order valence-electron chi connectivity index (χ0n) is 14.8. The third kappa shape index (κ3) is 4.62. The van der Waals surface area contributed by atoms with Crippen LogP contribution in [0.4, 0.5) is 5.69 Å². The molecule has 0 saturated heterocycles. The van der Waals surface area contributed by atoms with E-state index in [0.29, 0.717) is 25.7 Å². The maximum Gasteiger partial charge on any atom is 0.193 e. The number of guanidine groups is 1. The van der Waals surface area contributed by atoms with Crippen molar-refractivity contribution in [2.24, 2.45) is 10.7 Å². The topological polar surface area (TPSA) is 97.6 Å². The SMILES string of the molecule is I.NC(=NCCc1c[nH]c2ncccc12)Nc1ccc2c(c1)OCCCO2. The number of nitrogens with zero attached hydrogens (tertiary/aromatic N) is 2. The van der Waals surface area contributed by atoms with E-state index >= 15 is 0 Å². The van der Waals surface area contributed by atoms with Crippen molar-refractivity contribution in [3.63, 3.8) is 0 Å². The van der Waals surface area contributed by atoms with Crippen molar-refractivity contribution in [2.75, 3.05) is 25.1 Å². The van der Waals surface area contributed by atoms with E-state index in [1.807, 2.05) is 30.5 Å². The van der Waals surface area contributed by atoms with E-state index in [-0.39, 0.29) is 24.0 Å². The smallest absolute Gasteiger partial charge is 0.193 e. The molecule has 0 fully saturated rings. The van der Waals surface area contributed by atoms with Gasteiger partial charge in [-0.1, -0.05) is 0 Å². The Morgan fingerprint density at radius 2 is 2.07 bits per heavy atom. The van der Waals surface area contributed by atoms with Crippen molar-refractivity contribution in [1.82, 2.24) is 9.97 Å². The molecule has 8 heteroatoms. The third-order valence-electron chi connectivity index (χ3n) is 4.22. The summed E-state index contributed by atoms with van der Waals surface area (Å²) < 4.78 is 11.3. The van der Waals surface area contributed by atoms with Gasteiger partial charge in [0.05, 0.1) is 13.2 Å². The average molecular weight is 479 g/mol. The van der Waals surface area contributed by atoms with Crippen LogP contribution in [-0.2, 0) is 6.42 Å². The first kappa shape index (κ1) is 19.3. The van der Waals surface area contributed by atoms with Crippen molar-refractivity contribution in [1.29, 1.82) is 0 Å². The molecule has 4 rings (SSSR count). The minimum atomic E-state index is 0. The fourth-order valence-electron chi connectivity index (χ4n) is 2.94. The van der Waals surface area contributed by atoms with Crippen LogP contribution < -0.4 is 20.5 Å². The Labute approximate surface area is 174 Å². The molecular weight excluding hydrogens is 457 g/mol. The summed E-state index contributed by atoms with van der Waals surface area (Å²) in [7, 11) is 0. The van der Waals surface area contributed by atoms with Crippen molar-refractivity contribution in [3.8, 4) is 11.5 Å². The highest BCUT2D eigenvalue weighted by atomic mass is 127. The van der Waals surface area contributed by atoms with E-state index < -0.39 is 0 Å². The van der Waals surface area contributed by atoms with Crippen LogP contribution in [0.25, 0.3) is 11.0 Å². The summed E-state index contributed by atoms with van der Waals surface area (Å²) in [6.07, 6.45) is 5.41. The number of aromatic nitrogens is 2. The lowest BCUT2D eigenvalue weighted by Gasteiger charge is -2.10. The average Bonchev–Trinajstić information content (AvgIpc) is 2.91. The van der Waals surface area contributed by atoms with Crippen LogP contribution in [0.15, 0.2) is 47.7 Å². The first-order chi connectivity index (χ1) is 12.8. The van der Waals surface area contributed by atoms with Gasteiger partial charge in [0.15, 0.2) is 17.5 Å². The Kier molecular flexibility index (Phi) is 6.38. The Bertz CT molecular complexity index is 941. The molecule has 0 unspecified atom stereocenters. The zero-order chi connectivity index (χ0) is 17.8. The van der Waals surface area contributed by atoms with Crippen LogP contribution in [-0.4, -0.2) is 35.7 Å². The van der Waals surface area contributed by atoms with Gasteiger partial charge in [0.1, 0.15) is 5.65 Å². The monoisotopic (exact) mass is 479 g/mol. The zero-order valence-corrected chi connectivity index (χ0v) is 17.1. The Morgan fingerprint density at radius 3 is 2.96 bits per heavy atom. The molecule has 1 aliphatic heterocycles. The van der Waals surface area contributed by atoms with Gasteiger partial charge in [-0.15, -0.1) is 24.0 Å². The second-order valence-corrected chi connectivity index (χ2v) is 6.07. The number of fused-ring (bicyclic) bond motifs is 2. The van der Waals surface area contributed by atoms with Gasteiger partial charge >= 0.3 is 0 Å². The van der Waals surface area contributed by atoms with Crippen molar-refractivity contribution < 1.29 is 9.47 Å². The molecule has 2 aromatic heterocycles. The van der Waals surface area contributed by atoms with Crippen LogP contribution in [0.3, 0.4) is 0 Å². The predicted molar refractivity (Wildman–Crippen MR) is 117 cm³/mol. The fraction of sp³-hybridized carbons (Fsp3) is 0.263. The normalized spacial score (nSPS) is 13.7. The number of hydrogen-bond donors (Lipinski definition) is 3. The number of aliphatic imine (C=N–C) groups is 1. The van der Waals surface area contributed by atoms with Crippen LogP contribution in [0, 0.1) is 0 Å². The number of halogens is 1.